The Morgan fingerprint density at radius 2 is 1.83 bits per heavy atom. The first kappa shape index (κ1) is 12.7. The van der Waals surface area contributed by atoms with Gasteiger partial charge >= 0.3 is 0 Å². The highest BCUT2D eigenvalue weighted by atomic mass is 127. The van der Waals surface area contributed by atoms with E-state index in [9.17, 15) is 0 Å². The third-order valence-corrected chi connectivity index (χ3v) is 2.93. The lowest BCUT2D eigenvalue weighted by atomic mass is 10.2. The van der Waals surface area contributed by atoms with Gasteiger partial charge in [0.1, 0.15) is 0 Å². The molecule has 0 aromatic heterocycles. The van der Waals surface area contributed by atoms with Gasteiger partial charge in [-0.15, -0.1) is 0 Å². The molecule has 0 radical (unpaired) electrons. The fourth-order valence-electron chi connectivity index (χ4n) is 1.07. The molecule has 0 aliphatic heterocycles. The largest absolute Gasteiger partial charge is 0.314 e. The summed E-state index contributed by atoms with van der Waals surface area (Å²) in [5.74, 6) is 0. The van der Waals surface area contributed by atoms with E-state index in [-0.39, 0.29) is 0 Å². The van der Waals surface area contributed by atoms with Crippen LogP contribution in [0.25, 0.3) is 0 Å². The normalized spacial score (nSPS) is 13.2. The first-order chi connectivity index (χ1) is 5.81. The van der Waals surface area contributed by atoms with Crippen molar-refractivity contribution in [2.24, 2.45) is 0 Å². The molecule has 12 heavy (non-hydrogen) atoms. The fraction of sp³-hybridized carbons (Fsp3) is 1.00. The smallest absolute Gasteiger partial charge is 0.00360 e. The quantitative estimate of drug-likeness (QED) is 0.409. The molecule has 0 rings (SSSR count). The highest BCUT2D eigenvalue weighted by Crippen LogP contribution is 2.01. The Balaban J connectivity index is 2.90. The van der Waals surface area contributed by atoms with E-state index in [0.717, 1.165) is 0 Å². The Labute approximate surface area is 90.8 Å². The molecular weight excluding hydrogens is 261 g/mol. The lowest BCUT2D eigenvalue weighted by Gasteiger charge is -2.10. The van der Waals surface area contributed by atoms with E-state index in [0.29, 0.717) is 6.04 Å². The van der Waals surface area contributed by atoms with Crippen molar-refractivity contribution in [3.63, 3.8) is 0 Å². The average molecular weight is 283 g/mol. The topological polar surface area (TPSA) is 12.0 Å². The van der Waals surface area contributed by atoms with Crippen LogP contribution in [-0.4, -0.2) is 17.0 Å². The summed E-state index contributed by atoms with van der Waals surface area (Å²) in [5.41, 5.74) is 0. The third-order valence-electron chi connectivity index (χ3n) is 2.17. The van der Waals surface area contributed by atoms with Crippen LogP contribution in [0.4, 0.5) is 0 Å². The van der Waals surface area contributed by atoms with Gasteiger partial charge in [-0.05, 0) is 37.2 Å². The molecule has 0 saturated heterocycles. The van der Waals surface area contributed by atoms with Gasteiger partial charge in [0.25, 0.3) is 0 Å². The molecule has 0 fully saturated rings. The van der Waals surface area contributed by atoms with E-state index in [4.69, 9.17) is 0 Å². The molecule has 1 nitrogen and oxygen atoms in total. The Morgan fingerprint density at radius 3 is 2.42 bits per heavy atom. The standard InChI is InChI=1S/C10H22IN/c1-3-10(2)12-9-7-5-4-6-8-11/h10,12H,3-9H2,1-2H3. The summed E-state index contributed by atoms with van der Waals surface area (Å²) < 4.78 is 1.32. The summed E-state index contributed by atoms with van der Waals surface area (Å²) in [6, 6.07) is 0.703. The van der Waals surface area contributed by atoms with Gasteiger partial charge in [0, 0.05) is 6.04 Å². The molecule has 0 amide bonds. The first-order valence-corrected chi connectivity index (χ1v) is 6.63. The van der Waals surface area contributed by atoms with Crippen LogP contribution in [0, 0.1) is 0 Å². The second-order valence-corrected chi connectivity index (χ2v) is 4.45. The van der Waals surface area contributed by atoms with Gasteiger partial charge in [0.15, 0.2) is 0 Å². The monoisotopic (exact) mass is 283 g/mol. The molecule has 0 spiro atoms. The molecule has 0 aromatic carbocycles. The van der Waals surface area contributed by atoms with E-state index in [1.807, 2.05) is 0 Å². The summed E-state index contributed by atoms with van der Waals surface area (Å²) in [6.45, 7) is 5.69. The fourth-order valence-corrected chi connectivity index (χ4v) is 1.61. The van der Waals surface area contributed by atoms with Crippen LogP contribution in [0.5, 0.6) is 0 Å². The van der Waals surface area contributed by atoms with Crippen molar-refractivity contribution in [3.05, 3.63) is 0 Å². The zero-order chi connectivity index (χ0) is 9.23. The highest BCUT2D eigenvalue weighted by molar-refractivity contribution is 14.1. The van der Waals surface area contributed by atoms with Gasteiger partial charge in [0.2, 0.25) is 0 Å². The van der Waals surface area contributed by atoms with E-state index in [2.05, 4.69) is 41.8 Å². The summed E-state index contributed by atoms with van der Waals surface area (Å²) in [4.78, 5) is 0. The number of nitrogens with one attached hydrogen (secondary N) is 1. The predicted molar refractivity (Wildman–Crippen MR) is 65.1 cm³/mol. The number of unbranched alkanes of at least 4 members (excludes halogenated alkanes) is 3. The minimum absolute atomic E-state index is 0.703. The van der Waals surface area contributed by atoms with Crippen molar-refractivity contribution >= 4 is 22.6 Å². The van der Waals surface area contributed by atoms with Crippen molar-refractivity contribution in [1.82, 2.24) is 5.32 Å². The zero-order valence-corrected chi connectivity index (χ0v) is 10.6. The zero-order valence-electron chi connectivity index (χ0n) is 8.41. The molecule has 74 valence electrons. The Bertz CT molecular complexity index is 85.9. The van der Waals surface area contributed by atoms with Gasteiger partial charge in [-0.3, -0.25) is 0 Å². The van der Waals surface area contributed by atoms with Crippen LogP contribution in [-0.2, 0) is 0 Å². The second-order valence-electron chi connectivity index (χ2n) is 3.37. The number of alkyl halides is 1. The summed E-state index contributed by atoms with van der Waals surface area (Å²) in [7, 11) is 0. The average Bonchev–Trinajstić information content (AvgIpc) is 2.10. The van der Waals surface area contributed by atoms with Gasteiger partial charge in [-0.2, -0.15) is 0 Å². The molecule has 2 heteroatoms. The Morgan fingerprint density at radius 1 is 1.17 bits per heavy atom. The van der Waals surface area contributed by atoms with Gasteiger partial charge in [-0.25, -0.2) is 0 Å². The minimum atomic E-state index is 0.703. The number of halogens is 1. The highest BCUT2D eigenvalue weighted by Gasteiger charge is 1.95. The lowest BCUT2D eigenvalue weighted by Crippen LogP contribution is -2.25. The van der Waals surface area contributed by atoms with Crippen LogP contribution in [0.15, 0.2) is 0 Å². The molecule has 0 saturated carbocycles. The van der Waals surface area contributed by atoms with Gasteiger partial charge in [0.05, 0.1) is 0 Å². The van der Waals surface area contributed by atoms with Crippen LogP contribution >= 0.6 is 22.6 Å². The van der Waals surface area contributed by atoms with Crippen molar-refractivity contribution in [2.75, 3.05) is 11.0 Å². The lowest BCUT2D eigenvalue weighted by molar-refractivity contribution is 0.510. The van der Waals surface area contributed by atoms with Crippen molar-refractivity contribution in [3.8, 4) is 0 Å². The Kier molecular flexibility index (Phi) is 10.3. The number of rotatable bonds is 8. The van der Waals surface area contributed by atoms with Crippen molar-refractivity contribution in [1.29, 1.82) is 0 Å². The van der Waals surface area contributed by atoms with Gasteiger partial charge < -0.3 is 5.32 Å². The maximum atomic E-state index is 3.51. The molecule has 0 aliphatic rings. The van der Waals surface area contributed by atoms with Crippen molar-refractivity contribution < 1.29 is 0 Å². The predicted octanol–water partition coefficient (Wildman–Crippen LogP) is 3.37. The molecule has 0 aliphatic carbocycles. The maximum absolute atomic E-state index is 3.51. The maximum Gasteiger partial charge on any atom is 0.00360 e. The first-order valence-electron chi connectivity index (χ1n) is 5.10. The summed E-state index contributed by atoms with van der Waals surface area (Å²) in [6.07, 6.45) is 6.79. The van der Waals surface area contributed by atoms with Crippen LogP contribution < -0.4 is 5.32 Å². The van der Waals surface area contributed by atoms with Crippen LogP contribution in [0.1, 0.15) is 46.0 Å². The molecule has 0 heterocycles. The molecule has 1 atom stereocenters. The van der Waals surface area contributed by atoms with E-state index in [1.54, 1.807) is 0 Å². The number of hydrogen-bond donors (Lipinski definition) is 1. The molecule has 1 N–H and O–H groups in total. The van der Waals surface area contributed by atoms with Gasteiger partial charge in [-0.1, -0.05) is 42.4 Å². The van der Waals surface area contributed by atoms with E-state index < -0.39 is 0 Å². The molecule has 1 unspecified atom stereocenters. The summed E-state index contributed by atoms with van der Waals surface area (Å²) in [5, 5.41) is 3.51. The SMILES string of the molecule is CCC(C)NCCCCCCI. The van der Waals surface area contributed by atoms with Crippen LogP contribution in [0.2, 0.25) is 0 Å². The minimum Gasteiger partial charge on any atom is -0.314 e. The molecule has 0 bridgehead atoms. The molecular formula is C10H22IN. The van der Waals surface area contributed by atoms with E-state index in [1.165, 1.54) is 43.1 Å². The summed E-state index contributed by atoms with van der Waals surface area (Å²) >= 11 is 2.45. The number of hydrogen-bond acceptors (Lipinski definition) is 1. The van der Waals surface area contributed by atoms with Crippen LogP contribution in [0.3, 0.4) is 0 Å². The van der Waals surface area contributed by atoms with Crippen molar-refractivity contribution in [2.45, 2.75) is 52.0 Å². The third kappa shape index (κ3) is 8.78. The molecule has 0 aromatic rings. The van der Waals surface area contributed by atoms with E-state index >= 15 is 0 Å². The Hall–Kier alpha value is 0.690. The second kappa shape index (κ2) is 9.78.